The Kier molecular flexibility index (Phi) is 3.66. The van der Waals surface area contributed by atoms with E-state index in [0.717, 1.165) is 5.69 Å². The summed E-state index contributed by atoms with van der Waals surface area (Å²) in [7, 11) is 1.58. The van der Waals surface area contributed by atoms with Crippen molar-refractivity contribution in [2.75, 3.05) is 12.4 Å². The van der Waals surface area contributed by atoms with Crippen LogP contribution in [-0.4, -0.2) is 12.1 Å². The summed E-state index contributed by atoms with van der Waals surface area (Å²) >= 11 is 5.93. The Morgan fingerprint density at radius 2 is 2.17 bits per heavy atom. The number of methoxy groups -OCH3 is 1. The van der Waals surface area contributed by atoms with E-state index in [2.05, 4.69) is 10.3 Å². The first-order valence-corrected chi connectivity index (χ1v) is 5.57. The van der Waals surface area contributed by atoms with Crippen LogP contribution in [-0.2, 0) is 0 Å². The molecule has 2 aromatic rings. The third-order valence-electron chi connectivity index (χ3n) is 2.32. The minimum atomic E-state index is 0.513. The van der Waals surface area contributed by atoms with Crippen molar-refractivity contribution in [3.8, 4) is 11.8 Å². The zero-order chi connectivity index (χ0) is 13.0. The van der Waals surface area contributed by atoms with Crippen LogP contribution in [0.4, 0.5) is 11.5 Å². The van der Waals surface area contributed by atoms with Gasteiger partial charge in [0.1, 0.15) is 17.6 Å². The van der Waals surface area contributed by atoms with Gasteiger partial charge < -0.3 is 10.1 Å². The van der Waals surface area contributed by atoms with Gasteiger partial charge in [-0.2, -0.15) is 5.26 Å². The molecule has 0 saturated heterocycles. The zero-order valence-electron chi connectivity index (χ0n) is 9.64. The predicted octanol–water partition coefficient (Wildman–Crippen LogP) is 3.36. The molecule has 0 aliphatic heterocycles. The summed E-state index contributed by atoms with van der Waals surface area (Å²) in [6.45, 7) is 0. The Labute approximate surface area is 110 Å². The molecular formula is C13H10ClN3O. The van der Waals surface area contributed by atoms with Crippen molar-refractivity contribution in [1.82, 2.24) is 4.98 Å². The Bertz CT molecular complexity index is 590. The normalized spacial score (nSPS) is 9.61. The van der Waals surface area contributed by atoms with Crippen molar-refractivity contribution in [1.29, 1.82) is 5.26 Å². The zero-order valence-corrected chi connectivity index (χ0v) is 10.4. The van der Waals surface area contributed by atoms with Gasteiger partial charge in [-0.05, 0) is 30.3 Å². The molecule has 18 heavy (non-hydrogen) atoms. The molecule has 0 saturated carbocycles. The van der Waals surface area contributed by atoms with Crippen LogP contribution in [0, 0.1) is 11.3 Å². The molecule has 0 aliphatic rings. The number of nitrogens with zero attached hydrogens (tertiary/aromatic N) is 2. The highest BCUT2D eigenvalue weighted by molar-refractivity contribution is 6.31. The van der Waals surface area contributed by atoms with Gasteiger partial charge in [0.15, 0.2) is 0 Å². The lowest BCUT2D eigenvalue weighted by Crippen LogP contribution is -1.96. The minimum absolute atomic E-state index is 0.513. The van der Waals surface area contributed by atoms with Crippen LogP contribution in [0.15, 0.2) is 36.5 Å². The van der Waals surface area contributed by atoms with E-state index in [0.29, 0.717) is 22.2 Å². The quantitative estimate of drug-likeness (QED) is 0.918. The number of ether oxygens (including phenoxy) is 1. The summed E-state index contributed by atoms with van der Waals surface area (Å²) < 4.78 is 5.22. The molecular weight excluding hydrogens is 250 g/mol. The first kappa shape index (κ1) is 12.2. The van der Waals surface area contributed by atoms with Crippen LogP contribution >= 0.6 is 11.6 Å². The summed E-state index contributed by atoms with van der Waals surface area (Å²) in [4.78, 5) is 4.12. The molecule has 1 N–H and O–H groups in total. The maximum atomic E-state index is 8.69. The minimum Gasteiger partial charge on any atom is -0.495 e. The lowest BCUT2D eigenvalue weighted by atomic mass is 10.2. The molecule has 0 aliphatic carbocycles. The van der Waals surface area contributed by atoms with Gasteiger partial charge in [-0.3, -0.25) is 0 Å². The predicted molar refractivity (Wildman–Crippen MR) is 70.2 cm³/mol. The molecule has 0 atom stereocenters. The summed E-state index contributed by atoms with van der Waals surface area (Å²) in [5.41, 5.74) is 1.24. The number of nitrogens with one attached hydrogen (secondary N) is 1. The van der Waals surface area contributed by atoms with E-state index in [9.17, 15) is 0 Å². The van der Waals surface area contributed by atoms with Crippen molar-refractivity contribution in [3.63, 3.8) is 0 Å². The Morgan fingerprint density at radius 1 is 1.33 bits per heavy atom. The third kappa shape index (κ3) is 2.70. The molecule has 90 valence electrons. The van der Waals surface area contributed by atoms with Gasteiger partial charge in [-0.15, -0.1) is 0 Å². The highest BCUT2D eigenvalue weighted by atomic mass is 35.5. The standard InChI is InChI=1S/C13H10ClN3O/c1-18-12-4-3-10(14)6-11(12)17-13-5-2-9(7-15)8-16-13/h2-6,8H,1H3,(H,16,17). The van der Waals surface area contributed by atoms with Crippen LogP contribution in [0.25, 0.3) is 0 Å². The van der Waals surface area contributed by atoms with Crippen molar-refractivity contribution >= 4 is 23.1 Å². The molecule has 2 rings (SSSR count). The van der Waals surface area contributed by atoms with E-state index in [-0.39, 0.29) is 0 Å². The van der Waals surface area contributed by atoms with E-state index >= 15 is 0 Å². The average Bonchev–Trinajstić information content (AvgIpc) is 2.40. The Balaban J connectivity index is 2.27. The molecule has 5 heteroatoms. The number of pyridine rings is 1. The van der Waals surface area contributed by atoms with Crippen LogP contribution in [0.1, 0.15) is 5.56 Å². The van der Waals surface area contributed by atoms with Gasteiger partial charge in [0.25, 0.3) is 0 Å². The van der Waals surface area contributed by atoms with Crippen molar-refractivity contribution < 1.29 is 4.74 Å². The molecule has 4 nitrogen and oxygen atoms in total. The van der Waals surface area contributed by atoms with E-state index in [1.807, 2.05) is 6.07 Å². The fraction of sp³-hybridized carbons (Fsp3) is 0.0769. The highest BCUT2D eigenvalue weighted by Gasteiger charge is 2.04. The summed E-state index contributed by atoms with van der Waals surface area (Å²) in [5, 5.41) is 12.4. The monoisotopic (exact) mass is 259 g/mol. The largest absolute Gasteiger partial charge is 0.495 e. The van der Waals surface area contributed by atoms with Crippen molar-refractivity contribution in [3.05, 3.63) is 47.1 Å². The summed E-state index contributed by atoms with van der Waals surface area (Å²) in [5.74, 6) is 1.29. The average molecular weight is 260 g/mol. The van der Waals surface area contributed by atoms with Gasteiger partial charge in [0.05, 0.1) is 18.4 Å². The molecule has 0 fully saturated rings. The Hall–Kier alpha value is -2.25. The fourth-order valence-electron chi connectivity index (χ4n) is 1.45. The molecule has 0 amide bonds. The number of anilines is 2. The van der Waals surface area contributed by atoms with Crippen LogP contribution in [0.2, 0.25) is 5.02 Å². The molecule has 1 heterocycles. The number of aromatic nitrogens is 1. The molecule has 1 aromatic heterocycles. The maximum Gasteiger partial charge on any atom is 0.142 e. The second-order valence-electron chi connectivity index (χ2n) is 3.51. The van der Waals surface area contributed by atoms with Gasteiger partial charge in [0, 0.05) is 11.2 Å². The van der Waals surface area contributed by atoms with Gasteiger partial charge in [0.2, 0.25) is 0 Å². The van der Waals surface area contributed by atoms with Crippen LogP contribution in [0.3, 0.4) is 0 Å². The molecule has 0 bridgehead atoms. The van der Waals surface area contributed by atoms with E-state index in [4.69, 9.17) is 21.6 Å². The fourth-order valence-corrected chi connectivity index (χ4v) is 1.62. The first-order chi connectivity index (χ1) is 8.72. The Morgan fingerprint density at radius 3 is 2.78 bits per heavy atom. The van der Waals surface area contributed by atoms with Gasteiger partial charge in [-0.1, -0.05) is 11.6 Å². The number of nitriles is 1. The topological polar surface area (TPSA) is 57.9 Å². The van der Waals surface area contributed by atoms with Crippen LogP contribution < -0.4 is 10.1 Å². The first-order valence-electron chi connectivity index (χ1n) is 5.19. The molecule has 0 spiro atoms. The van der Waals surface area contributed by atoms with E-state index < -0.39 is 0 Å². The molecule has 1 aromatic carbocycles. The smallest absolute Gasteiger partial charge is 0.142 e. The SMILES string of the molecule is COc1ccc(Cl)cc1Nc1ccc(C#N)cn1. The lowest BCUT2D eigenvalue weighted by molar-refractivity contribution is 0.417. The second-order valence-corrected chi connectivity index (χ2v) is 3.95. The van der Waals surface area contributed by atoms with Gasteiger partial charge >= 0.3 is 0 Å². The molecule has 0 unspecified atom stereocenters. The summed E-state index contributed by atoms with van der Waals surface area (Å²) in [6.07, 6.45) is 1.50. The lowest BCUT2D eigenvalue weighted by Gasteiger charge is -2.10. The highest BCUT2D eigenvalue weighted by Crippen LogP contribution is 2.29. The van der Waals surface area contributed by atoms with Crippen molar-refractivity contribution in [2.45, 2.75) is 0 Å². The van der Waals surface area contributed by atoms with Crippen molar-refractivity contribution in [2.24, 2.45) is 0 Å². The summed E-state index contributed by atoms with van der Waals surface area (Å²) in [6, 6.07) is 10.7. The number of halogens is 1. The van der Waals surface area contributed by atoms with Crippen LogP contribution in [0.5, 0.6) is 5.75 Å². The third-order valence-corrected chi connectivity index (χ3v) is 2.55. The van der Waals surface area contributed by atoms with E-state index in [1.54, 1.807) is 37.4 Å². The second kappa shape index (κ2) is 5.39. The number of hydrogen-bond acceptors (Lipinski definition) is 4. The number of benzene rings is 1. The van der Waals surface area contributed by atoms with Gasteiger partial charge in [-0.25, -0.2) is 4.98 Å². The van der Waals surface area contributed by atoms with E-state index in [1.165, 1.54) is 6.20 Å². The molecule has 0 radical (unpaired) electrons. The number of rotatable bonds is 3. The number of hydrogen-bond donors (Lipinski definition) is 1. The maximum absolute atomic E-state index is 8.69.